The molecule has 0 amide bonds. The van der Waals surface area contributed by atoms with Crippen LogP contribution in [0.2, 0.25) is 5.02 Å². The molecular weight excluding hydrogens is 424 g/mol. The first-order valence-corrected chi connectivity index (χ1v) is 11.3. The molecule has 0 unspecified atom stereocenters. The Morgan fingerprint density at radius 3 is 2.53 bits per heavy atom. The standard InChI is InChI=1S/C26H25ClN2O3/c1-3-30-19-12-9-17(10-13-19)22-16-23-21-15-18(27)11-14-25(21)32-26(29(23)28-22)20-7-5-6-8-24(20)31-4-2/h5-15,23,26H,3-4,16H2,1-2H3/t23-,26+/m1/s1. The van der Waals surface area contributed by atoms with Crippen LogP contribution in [0, 0.1) is 0 Å². The zero-order valence-corrected chi connectivity index (χ0v) is 18.9. The molecule has 164 valence electrons. The van der Waals surface area contributed by atoms with Gasteiger partial charge in [0.05, 0.1) is 30.5 Å². The lowest BCUT2D eigenvalue weighted by Crippen LogP contribution is -2.34. The summed E-state index contributed by atoms with van der Waals surface area (Å²) in [7, 11) is 0. The van der Waals surface area contributed by atoms with Crippen LogP contribution in [-0.2, 0) is 0 Å². The van der Waals surface area contributed by atoms with Gasteiger partial charge in [-0.3, -0.25) is 0 Å². The van der Waals surface area contributed by atoms with Crippen LogP contribution < -0.4 is 14.2 Å². The van der Waals surface area contributed by atoms with Gasteiger partial charge in [0.15, 0.2) is 0 Å². The number of nitrogens with zero attached hydrogens (tertiary/aromatic N) is 2. The lowest BCUT2D eigenvalue weighted by atomic mass is 9.95. The van der Waals surface area contributed by atoms with Crippen molar-refractivity contribution in [2.75, 3.05) is 13.2 Å². The van der Waals surface area contributed by atoms with E-state index in [9.17, 15) is 0 Å². The summed E-state index contributed by atoms with van der Waals surface area (Å²) in [4.78, 5) is 0. The number of hydrogen-bond donors (Lipinski definition) is 0. The summed E-state index contributed by atoms with van der Waals surface area (Å²) in [6.07, 6.45) is 0.370. The van der Waals surface area contributed by atoms with Gasteiger partial charge in [-0.25, -0.2) is 5.01 Å². The Morgan fingerprint density at radius 1 is 0.969 bits per heavy atom. The monoisotopic (exact) mass is 448 g/mol. The van der Waals surface area contributed by atoms with Crippen LogP contribution in [0.5, 0.6) is 17.2 Å². The van der Waals surface area contributed by atoms with Gasteiger partial charge in [-0.1, -0.05) is 23.7 Å². The molecule has 0 fully saturated rings. The van der Waals surface area contributed by atoms with Gasteiger partial charge in [-0.15, -0.1) is 0 Å². The molecule has 2 heterocycles. The van der Waals surface area contributed by atoms with Crippen molar-refractivity contribution in [1.82, 2.24) is 5.01 Å². The Labute approximate surface area is 193 Å². The van der Waals surface area contributed by atoms with Gasteiger partial charge < -0.3 is 14.2 Å². The fourth-order valence-corrected chi connectivity index (χ4v) is 4.50. The fraction of sp³-hybridized carbons (Fsp3) is 0.269. The van der Waals surface area contributed by atoms with Gasteiger partial charge in [-0.2, -0.15) is 5.10 Å². The van der Waals surface area contributed by atoms with E-state index < -0.39 is 6.23 Å². The number of hydrazone groups is 1. The minimum atomic E-state index is -0.392. The molecule has 32 heavy (non-hydrogen) atoms. The minimum absolute atomic E-state index is 0.0266. The average Bonchev–Trinajstić information content (AvgIpc) is 3.26. The van der Waals surface area contributed by atoms with Crippen LogP contribution >= 0.6 is 11.6 Å². The second kappa shape index (κ2) is 8.75. The third kappa shape index (κ3) is 3.78. The molecule has 5 rings (SSSR count). The largest absolute Gasteiger partial charge is 0.494 e. The smallest absolute Gasteiger partial charge is 0.217 e. The predicted octanol–water partition coefficient (Wildman–Crippen LogP) is 6.38. The van der Waals surface area contributed by atoms with E-state index in [1.165, 1.54) is 0 Å². The lowest BCUT2D eigenvalue weighted by molar-refractivity contribution is -0.0205. The number of ether oxygens (including phenoxy) is 3. The number of fused-ring (bicyclic) bond motifs is 3. The Kier molecular flexibility index (Phi) is 5.66. The van der Waals surface area contributed by atoms with Gasteiger partial charge in [0.2, 0.25) is 6.23 Å². The molecule has 2 aliphatic rings. The number of rotatable bonds is 6. The molecule has 0 spiro atoms. The maximum absolute atomic E-state index is 6.47. The minimum Gasteiger partial charge on any atom is -0.494 e. The van der Waals surface area contributed by atoms with Gasteiger partial charge in [0.1, 0.15) is 17.2 Å². The quantitative estimate of drug-likeness (QED) is 0.439. The van der Waals surface area contributed by atoms with Gasteiger partial charge in [0.25, 0.3) is 0 Å². The van der Waals surface area contributed by atoms with E-state index in [1.54, 1.807) is 0 Å². The Morgan fingerprint density at radius 2 is 1.75 bits per heavy atom. The first-order chi connectivity index (χ1) is 15.7. The van der Waals surface area contributed by atoms with Crippen LogP contribution in [-0.4, -0.2) is 23.9 Å². The Bertz CT molecular complexity index is 1150. The van der Waals surface area contributed by atoms with Crippen molar-refractivity contribution >= 4 is 17.3 Å². The molecule has 0 aliphatic carbocycles. The molecule has 0 saturated carbocycles. The molecule has 0 N–H and O–H groups in total. The van der Waals surface area contributed by atoms with Gasteiger partial charge in [0, 0.05) is 17.0 Å². The van der Waals surface area contributed by atoms with Crippen LogP contribution in [0.15, 0.2) is 71.8 Å². The van der Waals surface area contributed by atoms with Crippen LogP contribution in [0.25, 0.3) is 0 Å². The predicted molar refractivity (Wildman–Crippen MR) is 126 cm³/mol. The van der Waals surface area contributed by atoms with E-state index in [0.29, 0.717) is 18.2 Å². The second-order valence-electron chi connectivity index (χ2n) is 7.73. The van der Waals surface area contributed by atoms with Crippen molar-refractivity contribution in [1.29, 1.82) is 0 Å². The van der Waals surface area contributed by atoms with Gasteiger partial charge >= 0.3 is 0 Å². The molecule has 0 aromatic heterocycles. The topological polar surface area (TPSA) is 43.3 Å². The van der Waals surface area contributed by atoms with Crippen molar-refractivity contribution in [3.8, 4) is 17.2 Å². The normalized spacial score (nSPS) is 19.0. The third-order valence-electron chi connectivity index (χ3n) is 5.74. The highest BCUT2D eigenvalue weighted by atomic mass is 35.5. The van der Waals surface area contributed by atoms with Crippen LogP contribution in [0.4, 0.5) is 0 Å². The molecule has 2 aliphatic heterocycles. The third-order valence-corrected chi connectivity index (χ3v) is 5.97. The molecule has 2 atom stereocenters. The highest BCUT2D eigenvalue weighted by Gasteiger charge is 2.42. The van der Waals surface area contributed by atoms with Crippen molar-refractivity contribution in [3.05, 3.63) is 88.4 Å². The number of para-hydroxylation sites is 1. The van der Waals surface area contributed by atoms with Crippen molar-refractivity contribution in [2.24, 2.45) is 5.10 Å². The first kappa shape index (κ1) is 20.7. The van der Waals surface area contributed by atoms with Crippen LogP contribution in [0.1, 0.15) is 49.2 Å². The SMILES string of the molecule is CCOc1ccc(C2=NN3[C@H](C2)c2cc(Cl)ccc2O[C@H]3c2ccccc2OCC)cc1. The van der Waals surface area contributed by atoms with E-state index in [0.717, 1.165) is 46.1 Å². The van der Waals surface area contributed by atoms with Gasteiger partial charge in [-0.05, 0) is 74.0 Å². The highest BCUT2D eigenvalue weighted by Crippen LogP contribution is 2.49. The summed E-state index contributed by atoms with van der Waals surface area (Å²) in [5.41, 5.74) is 4.08. The summed E-state index contributed by atoms with van der Waals surface area (Å²) in [6, 6.07) is 21.9. The number of benzene rings is 3. The first-order valence-electron chi connectivity index (χ1n) is 10.9. The van der Waals surface area contributed by atoms with Crippen molar-refractivity contribution in [2.45, 2.75) is 32.5 Å². The van der Waals surface area contributed by atoms with E-state index in [4.69, 9.17) is 30.9 Å². The van der Waals surface area contributed by atoms with Crippen LogP contribution in [0.3, 0.4) is 0 Å². The highest BCUT2D eigenvalue weighted by molar-refractivity contribution is 6.30. The molecule has 3 aromatic rings. The summed E-state index contributed by atoms with van der Waals surface area (Å²) in [6.45, 7) is 5.19. The lowest BCUT2D eigenvalue weighted by Gasteiger charge is -2.38. The number of halogens is 1. The van der Waals surface area contributed by atoms with Crippen molar-refractivity contribution < 1.29 is 14.2 Å². The summed E-state index contributed by atoms with van der Waals surface area (Å²) in [5.74, 6) is 2.49. The maximum Gasteiger partial charge on any atom is 0.217 e. The average molecular weight is 449 g/mol. The summed E-state index contributed by atoms with van der Waals surface area (Å²) >= 11 is 6.34. The molecule has 3 aromatic carbocycles. The molecular formula is C26H25ClN2O3. The fourth-order valence-electron chi connectivity index (χ4n) is 4.32. The van der Waals surface area contributed by atoms with E-state index >= 15 is 0 Å². The van der Waals surface area contributed by atoms with E-state index in [-0.39, 0.29) is 6.04 Å². The zero-order valence-electron chi connectivity index (χ0n) is 18.1. The van der Waals surface area contributed by atoms with E-state index in [1.807, 2.05) is 73.5 Å². The molecule has 0 bridgehead atoms. The molecule has 0 saturated heterocycles. The Hall–Kier alpha value is -3.18. The molecule has 6 heteroatoms. The van der Waals surface area contributed by atoms with E-state index in [2.05, 4.69) is 12.1 Å². The number of hydrogen-bond acceptors (Lipinski definition) is 5. The van der Waals surface area contributed by atoms with Crippen molar-refractivity contribution in [3.63, 3.8) is 0 Å². The maximum atomic E-state index is 6.47. The summed E-state index contributed by atoms with van der Waals surface area (Å²) < 4.78 is 18.0. The Balaban J connectivity index is 1.56. The summed E-state index contributed by atoms with van der Waals surface area (Å²) in [5, 5.41) is 7.76. The zero-order chi connectivity index (χ0) is 22.1. The second-order valence-corrected chi connectivity index (χ2v) is 8.16. The molecule has 0 radical (unpaired) electrons. The molecule has 5 nitrogen and oxygen atoms in total.